The number of hydrogen-bond acceptors (Lipinski definition) is 7. The first-order chi connectivity index (χ1) is 13.6. The van der Waals surface area contributed by atoms with Crippen LogP contribution in [0.25, 0.3) is 16.9 Å². The lowest BCUT2D eigenvalue weighted by Gasteiger charge is -2.14. The fourth-order valence-corrected chi connectivity index (χ4v) is 3.18. The third-order valence-corrected chi connectivity index (χ3v) is 4.62. The first-order valence-electron chi connectivity index (χ1n) is 8.46. The third kappa shape index (κ3) is 3.08. The molecule has 0 amide bonds. The van der Waals surface area contributed by atoms with Crippen molar-refractivity contribution in [2.75, 3.05) is 11.1 Å². The fraction of sp³-hybridized carbons (Fsp3) is 0.105. The average molecular weight is 391 g/mol. The van der Waals surface area contributed by atoms with E-state index in [1.54, 1.807) is 4.52 Å². The molecular weight excluding hydrogens is 376 g/mol. The Bertz CT molecular complexity index is 1200. The predicted octanol–water partition coefficient (Wildman–Crippen LogP) is 3.47. The van der Waals surface area contributed by atoms with Gasteiger partial charge < -0.3 is 11.1 Å². The summed E-state index contributed by atoms with van der Waals surface area (Å²) in [6.45, 7) is 1.87. The molecular formula is C19H15ClN8. The predicted molar refractivity (Wildman–Crippen MR) is 107 cm³/mol. The number of halogens is 1. The van der Waals surface area contributed by atoms with E-state index in [1.165, 1.54) is 6.33 Å². The van der Waals surface area contributed by atoms with Gasteiger partial charge in [0.25, 0.3) is 0 Å². The first kappa shape index (κ1) is 17.7. The molecule has 4 aromatic rings. The highest BCUT2D eigenvalue weighted by atomic mass is 35.5. The van der Waals surface area contributed by atoms with Crippen LogP contribution in [0.2, 0.25) is 5.15 Å². The van der Waals surface area contributed by atoms with Crippen LogP contribution in [0, 0.1) is 11.3 Å². The number of rotatable bonds is 4. The minimum absolute atomic E-state index is 0.113. The fourth-order valence-electron chi connectivity index (χ4n) is 2.85. The van der Waals surface area contributed by atoms with Crippen LogP contribution in [-0.2, 0) is 0 Å². The Hall–Kier alpha value is -3.70. The van der Waals surface area contributed by atoms with Crippen molar-refractivity contribution in [2.24, 2.45) is 0 Å². The zero-order valence-electron chi connectivity index (χ0n) is 14.8. The van der Waals surface area contributed by atoms with E-state index in [4.69, 9.17) is 17.3 Å². The topological polar surface area (TPSA) is 118 Å². The molecule has 0 aliphatic heterocycles. The van der Waals surface area contributed by atoms with Crippen LogP contribution in [0.4, 0.5) is 11.6 Å². The molecule has 8 nitrogen and oxygen atoms in total. The number of hydrogen-bond donors (Lipinski definition) is 2. The van der Waals surface area contributed by atoms with Crippen molar-refractivity contribution < 1.29 is 0 Å². The van der Waals surface area contributed by atoms with Crippen LogP contribution in [0.5, 0.6) is 0 Å². The molecule has 0 radical (unpaired) electrons. The lowest BCUT2D eigenvalue weighted by molar-refractivity contribution is 0.836. The molecule has 0 aliphatic rings. The maximum absolute atomic E-state index is 9.28. The zero-order valence-corrected chi connectivity index (χ0v) is 15.6. The molecule has 3 aromatic heterocycles. The summed E-state index contributed by atoms with van der Waals surface area (Å²) in [7, 11) is 0. The molecule has 9 heteroatoms. The van der Waals surface area contributed by atoms with Gasteiger partial charge in [-0.2, -0.15) is 10.4 Å². The van der Waals surface area contributed by atoms with Gasteiger partial charge in [0.15, 0.2) is 10.8 Å². The van der Waals surface area contributed by atoms with E-state index in [9.17, 15) is 5.26 Å². The number of benzene rings is 1. The summed E-state index contributed by atoms with van der Waals surface area (Å²) < 4.78 is 1.59. The van der Waals surface area contributed by atoms with Crippen LogP contribution in [0.15, 0.2) is 48.8 Å². The van der Waals surface area contributed by atoms with Gasteiger partial charge in [0, 0.05) is 5.56 Å². The number of anilines is 2. The van der Waals surface area contributed by atoms with Crippen molar-refractivity contribution in [3.05, 3.63) is 65.2 Å². The summed E-state index contributed by atoms with van der Waals surface area (Å²) in [5.74, 6) is 0.441. The molecule has 1 atom stereocenters. The summed E-state index contributed by atoms with van der Waals surface area (Å²) in [5.41, 5.74) is 8.89. The van der Waals surface area contributed by atoms with E-state index in [-0.39, 0.29) is 17.4 Å². The molecule has 0 saturated heterocycles. The van der Waals surface area contributed by atoms with Gasteiger partial charge in [-0.1, -0.05) is 41.9 Å². The molecule has 3 heterocycles. The summed E-state index contributed by atoms with van der Waals surface area (Å²) in [4.78, 5) is 12.5. The highest BCUT2D eigenvalue weighted by Crippen LogP contribution is 2.28. The van der Waals surface area contributed by atoms with Gasteiger partial charge in [-0.05, 0) is 19.1 Å². The van der Waals surface area contributed by atoms with Gasteiger partial charge in [0.05, 0.1) is 11.7 Å². The van der Waals surface area contributed by atoms with Gasteiger partial charge in [-0.25, -0.2) is 19.5 Å². The Morgan fingerprint density at radius 1 is 1.18 bits per heavy atom. The number of aromatic nitrogens is 5. The normalized spacial score (nSPS) is 11.9. The maximum atomic E-state index is 9.28. The smallest absolute Gasteiger partial charge is 0.156 e. The van der Waals surface area contributed by atoms with E-state index in [0.29, 0.717) is 22.3 Å². The Kier molecular flexibility index (Phi) is 4.51. The molecule has 1 aromatic carbocycles. The van der Waals surface area contributed by atoms with Crippen LogP contribution in [0.1, 0.15) is 24.2 Å². The summed E-state index contributed by atoms with van der Waals surface area (Å²) in [6, 6.07) is 15.2. The molecule has 0 fully saturated rings. The minimum Gasteiger partial charge on any atom is -0.382 e. The molecule has 0 unspecified atom stereocenters. The van der Waals surface area contributed by atoms with Crippen molar-refractivity contribution in [1.29, 1.82) is 5.26 Å². The largest absolute Gasteiger partial charge is 0.382 e. The molecule has 0 saturated carbocycles. The van der Waals surface area contributed by atoms with Crippen LogP contribution < -0.4 is 11.1 Å². The number of nitrogen functional groups attached to an aromatic ring is 1. The molecule has 0 bridgehead atoms. The molecule has 0 aliphatic carbocycles. The molecule has 3 N–H and O–H groups in total. The van der Waals surface area contributed by atoms with Crippen molar-refractivity contribution >= 4 is 28.9 Å². The van der Waals surface area contributed by atoms with Gasteiger partial charge >= 0.3 is 0 Å². The Morgan fingerprint density at radius 2 is 1.96 bits per heavy atom. The molecule has 28 heavy (non-hydrogen) atoms. The second-order valence-electron chi connectivity index (χ2n) is 6.10. The third-order valence-electron chi connectivity index (χ3n) is 4.27. The molecule has 4 rings (SSSR count). The van der Waals surface area contributed by atoms with Gasteiger partial charge in [-0.3, -0.25) is 0 Å². The Balaban J connectivity index is 1.71. The van der Waals surface area contributed by atoms with Crippen LogP contribution in [0.3, 0.4) is 0 Å². The first-order valence-corrected chi connectivity index (χ1v) is 8.84. The minimum atomic E-state index is -0.337. The highest BCUT2D eigenvalue weighted by Gasteiger charge is 2.20. The lowest BCUT2D eigenvalue weighted by Crippen LogP contribution is -2.12. The van der Waals surface area contributed by atoms with Crippen molar-refractivity contribution in [3.8, 4) is 17.3 Å². The van der Waals surface area contributed by atoms with Crippen molar-refractivity contribution in [2.45, 2.75) is 13.0 Å². The van der Waals surface area contributed by atoms with Crippen LogP contribution >= 0.6 is 11.6 Å². The van der Waals surface area contributed by atoms with Gasteiger partial charge in [0.1, 0.15) is 35.3 Å². The quantitative estimate of drug-likeness (QED) is 0.547. The molecule has 138 valence electrons. The second kappa shape index (κ2) is 7.13. The zero-order chi connectivity index (χ0) is 19.7. The number of nitrogens with one attached hydrogen (secondary N) is 1. The van der Waals surface area contributed by atoms with E-state index in [0.717, 1.165) is 11.3 Å². The molecule has 0 spiro atoms. The van der Waals surface area contributed by atoms with Crippen molar-refractivity contribution in [3.63, 3.8) is 0 Å². The van der Waals surface area contributed by atoms with Gasteiger partial charge in [0.2, 0.25) is 0 Å². The summed E-state index contributed by atoms with van der Waals surface area (Å²) in [5, 5.41) is 17.4. The standard InChI is InChI=1S/C19H15ClN8/c1-11(25-19-13(9-21)18(22)23-10-24-19)16-17(20)28-15(26-16)8-7-14(27-28)12-5-3-2-4-6-12/h2-8,10-11H,1H3,(H3,22,23,24,25)/t11-/m0/s1. The highest BCUT2D eigenvalue weighted by molar-refractivity contribution is 6.30. The Labute approximate surface area is 165 Å². The van der Waals surface area contributed by atoms with Gasteiger partial charge in [-0.15, -0.1) is 0 Å². The van der Waals surface area contributed by atoms with E-state index in [1.807, 2.05) is 55.5 Å². The second-order valence-corrected chi connectivity index (χ2v) is 6.46. The lowest BCUT2D eigenvalue weighted by atomic mass is 10.1. The monoisotopic (exact) mass is 390 g/mol. The van der Waals surface area contributed by atoms with E-state index >= 15 is 0 Å². The number of nitriles is 1. The number of nitrogens with two attached hydrogens (primary N) is 1. The Morgan fingerprint density at radius 3 is 2.71 bits per heavy atom. The number of fused-ring (bicyclic) bond motifs is 1. The SMILES string of the molecule is C[C@H](Nc1ncnc(N)c1C#N)c1nc2ccc(-c3ccccc3)nn2c1Cl. The summed E-state index contributed by atoms with van der Waals surface area (Å²) in [6.07, 6.45) is 1.30. The van der Waals surface area contributed by atoms with E-state index in [2.05, 4.69) is 25.4 Å². The summed E-state index contributed by atoms with van der Waals surface area (Å²) >= 11 is 6.56. The average Bonchev–Trinajstić information content (AvgIpc) is 3.05. The van der Waals surface area contributed by atoms with E-state index < -0.39 is 0 Å². The van der Waals surface area contributed by atoms with Crippen LogP contribution in [-0.4, -0.2) is 24.6 Å². The number of nitrogens with zero attached hydrogens (tertiary/aromatic N) is 6. The maximum Gasteiger partial charge on any atom is 0.156 e. The van der Waals surface area contributed by atoms with Crippen molar-refractivity contribution in [1.82, 2.24) is 24.6 Å². The number of imidazole rings is 1.